The van der Waals surface area contributed by atoms with Gasteiger partial charge in [0.25, 0.3) is 5.56 Å². The molecular formula is C8H11N5O4. The minimum absolute atomic E-state index is 0.127. The number of hydrogen-bond acceptors (Lipinski definition) is 5. The molecule has 17 heavy (non-hydrogen) atoms. The summed E-state index contributed by atoms with van der Waals surface area (Å²) in [5.41, 5.74) is 7.10. The fourth-order valence-electron chi connectivity index (χ4n) is 1.05. The van der Waals surface area contributed by atoms with Crippen molar-refractivity contribution in [2.75, 3.05) is 6.61 Å². The lowest BCUT2D eigenvalue weighted by molar-refractivity contribution is -0.00376. The summed E-state index contributed by atoms with van der Waals surface area (Å²) in [6, 6.07) is 1.17. The molecule has 0 fully saturated rings. The molecule has 2 N–H and O–H groups in total. The van der Waals surface area contributed by atoms with E-state index in [0.717, 1.165) is 4.57 Å². The van der Waals surface area contributed by atoms with E-state index in [-0.39, 0.29) is 19.8 Å². The SMILES string of the molecule is [N-]=[N+]=NC(CCO)OCn1ccc(=O)[nH]c1=O. The van der Waals surface area contributed by atoms with Crippen molar-refractivity contribution >= 4 is 0 Å². The molecule has 0 aromatic carbocycles. The molecule has 1 rings (SSSR count). The quantitative estimate of drug-likeness (QED) is 0.395. The molecule has 0 aliphatic heterocycles. The van der Waals surface area contributed by atoms with E-state index in [1.54, 1.807) is 0 Å². The maximum atomic E-state index is 11.2. The van der Waals surface area contributed by atoms with Crippen LogP contribution in [-0.4, -0.2) is 27.5 Å². The second-order valence-electron chi connectivity index (χ2n) is 3.05. The molecule has 0 spiro atoms. The third-order valence-electron chi connectivity index (χ3n) is 1.86. The predicted molar refractivity (Wildman–Crippen MR) is 57.0 cm³/mol. The molecule has 0 aliphatic carbocycles. The Labute approximate surface area is 94.9 Å². The number of aromatic amines is 1. The fraction of sp³-hybridized carbons (Fsp3) is 0.500. The van der Waals surface area contributed by atoms with Crippen LogP contribution < -0.4 is 11.2 Å². The zero-order chi connectivity index (χ0) is 12.7. The lowest BCUT2D eigenvalue weighted by Crippen LogP contribution is -2.30. The van der Waals surface area contributed by atoms with Gasteiger partial charge in [-0.05, 0) is 5.53 Å². The summed E-state index contributed by atoms with van der Waals surface area (Å²) < 4.78 is 6.19. The van der Waals surface area contributed by atoms with E-state index in [4.69, 9.17) is 15.4 Å². The Kier molecular flexibility index (Phi) is 4.95. The van der Waals surface area contributed by atoms with Crippen LogP contribution in [0.1, 0.15) is 6.42 Å². The first kappa shape index (κ1) is 13.0. The first-order valence-electron chi connectivity index (χ1n) is 4.74. The van der Waals surface area contributed by atoms with Gasteiger partial charge in [-0.1, -0.05) is 5.11 Å². The third-order valence-corrected chi connectivity index (χ3v) is 1.86. The Morgan fingerprint density at radius 2 is 2.41 bits per heavy atom. The van der Waals surface area contributed by atoms with Crippen LogP contribution >= 0.6 is 0 Å². The summed E-state index contributed by atoms with van der Waals surface area (Å²) in [4.78, 5) is 26.6. The number of H-pyrrole nitrogens is 1. The topological polar surface area (TPSA) is 133 Å². The molecule has 1 atom stereocenters. The molecule has 0 amide bonds. The number of hydrogen-bond donors (Lipinski definition) is 2. The molecule has 0 bridgehead atoms. The Balaban J connectivity index is 2.68. The van der Waals surface area contributed by atoms with Crippen molar-refractivity contribution in [2.45, 2.75) is 19.4 Å². The zero-order valence-corrected chi connectivity index (χ0v) is 8.81. The van der Waals surface area contributed by atoms with Gasteiger partial charge in [0.2, 0.25) is 0 Å². The summed E-state index contributed by atoms with van der Waals surface area (Å²) >= 11 is 0. The fourth-order valence-corrected chi connectivity index (χ4v) is 1.05. The van der Waals surface area contributed by atoms with Crippen LogP contribution in [0.4, 0.5) is 0 Å². The number of aliphatic hydroxyl groups is 1. The summed E-state index contributed by atoms with van der Waals surface area (Å²) in [6.07, 6.45) is 0.527. The molecule has 0 saturated carbocycles. The number of nitrogens with zero attached hydrogens (tertiary/aromatic N) is 4. The summed E-state index contributed by atoms with van der Waals surface area (Å²) in [5, 5.41) is 12.0. The normalized spacial score (nSPS) is 11.8. The van der Waals surface area contributed by atoms with Crippen LogP contribution in [-0.2, 0) is 11.5 Å². The van der Waals surface area contributed by atoms with Crippen LogP contribution in [0.15, 0.2) is 27.0 Å². The number of azide groups is 1. The zero-order valence-electron chi connectivity index (χ0n) is 8.81. The molecule has 9 heteroatoms. The van der Waals surface area contributed by atoms with Crippen LogP contribution in [0.3, 0.4) is 0 Å². The van der Waals surface area contributed by atoms with Crippen molar-refractivity contribution in [2.24, 2.45) is 5.11 Å². The number of nitrogens with one attached hydrogen (secondary N) is 1. The average Bonchev–Trinajstić information content (AvgIpc) is 2.28. The molecule has 1 unspecified atom stereocenters. The Hall–Kier alpha value is -2.09. The average molecular weight is 241 g/mol. The summed E-state index contributed by atoms with van der Waals surface area (Å²) in [7, 11) is 0. The molecule has 0 radical (unpaired) electrons. The van der Waals surface area contributed by atoms with Crippen molar-refractivity contribution < 1.29 is 9.84 Å². The number of aliphatic hydroxyl groups excluding tert-OH is 1. The molecule has 1 aromatic heterocycles. The largest absolute Gasteiger partial charge is 0.396 e. The van der Waals surface area contributed by atoms with Gasteiger partial charge in [0.1, 0.15) is 13.0 Å². The van der Waals surface area contributed by atoms with Gasteiger partial charge in [-0.25, -0.2) is 4.79 Å². The maximum absolute atomic E-state index is 11.2. The third kappa shape index (κ3) is 4.11. The van der Waals surface area contributed by atoms with Crippen molar-refractivity contribution in [3.8, 4) is 0 Å². The van der Waals surface area contributed by atoms with Gasteiger partial charge in [0, 0.05) is 30.2 Å². The van der Waals surface area contributed by atoms with Gasteiger partial charge in [0.15, 0.2) is 0 Å². The highest BCUT2D eigenvalue weighted by Crippen LogP contribution is 2.00. The smallest absolute Gasteiger partial charge is 0.330 e. The van der Waals surface area contributed by atoms with Gasteiger partial charge < -0.3 is 9.84 Å². The molecule has 1 aromatic rings. The minimum Gasteiger partial charge on any atom is -0.396 e. The van der Waals surface area contributed by atoms with E-state index in [9.17, 15) is 9.59 Å². The molecule has 92 valence electrons. The van der Waals surface area contributed by atoms with Gasteiger partial charge in [-0.3, -0.25) is 14.3 Å². The van der Waals surface area contributed by atoms with Crippen molar-refractivity contribution in [1.82, 2.24) is 9.55 Å². The van der Waals surface area contributed by atoms with Crippen molar-refractivity contribution in [1.29, 1.82) is 0 Å². The molecule has 0 saturated heterocycles. The van der Waals surface area contributed by atoms with E-state index in [0.29, 0.717) is 0 Å². The van der Waals surface area contributed by atoms with E-state index >= 15 is 0 Å². The summed E-state index contributed by atoms with van der Waals surface area (Å²) in [6.45, 7) is -0.385. The first-order chi connectivity index (χ1) is 8.17. The molecule has 9 nitrogen and oxygen atoms in total. The number of aromatic nitrogens is 2. The lowest BCUT2D eigenvalue weighted by Gasteiger charge is -2.11. The van der Waals surface area contributed by atoms with Gasteiger partial charge >= 0.3 is 5.69 Å². The van der Waals surface area contributed by atoms with Crippen LogP contribution in [0.5, 0.6) is 0 Å². The van der Waals surface area contributed by atoms with Crippen molar-refractivity contribution in [3.05, 3.63) is 43.5 Å². The molecule has 0 aliphatic rings. The summed E-state index contributed by atoms with van der Waals surface area (Å²) in [5.74, 6) is 0. The van der Waals surface area contributed by atoms with Gasteiger partial charge in [-0.15, -0.1) is 0 Å². The predicted octanol–water partition coefficient (Wildman–Crippen LogP) is -0.471. The number of rotatable bonds is 6. The lowest BCUT2D eigenvalue weighted by atomic mass is 10.4. The van der Waals surface area contributed by atoms with Crippen LogP contribution in [0.25, 0.3) is 10.4 Å². The molecule has 1 heterocycles. The highest BCUT2D eigenvalue weighted by atomic mass is 16.5. The Bertz CT molecular complexity index is 515. The standard InChI is InChI=1S/C8H11N5O4/c9-12-11-7(2-4-14)17-5-13-3-1-6(15)10-8(13)16/h1,3,7,14H,2,4-5H2,(H,10,15,16). The Morgan fingerprint density at radius 1 is 1.65 bits per heavy atom. The van der Waals surface area contributed by atoms with Gasteiger partial charge in [-0.2, -0.15) is 0 Å². The van der Waals surface area contributed by atoms with E-state index in [1.807, 2.05) is 4.98 Å². The first-order valence-corrected chi connectivity index (χ1v) is 4.74. The van der Waals surface area contributed by atoms with E-state index < -0.39 is 17.5 Å². The van der Waals surface area contributed by atoms with Gasteiger partial charge in [0.05, 0.1) is 0 Å². The van der Waals surface area contributed by atoms with Crippen molar-refractivity contribution in [3.63, 3.8) is 0 Å². The minimum atomic E-state index is -0.858. The highest BCUT2D eigenvalue weighted by molar-refractivity contribution is 4.81. The monoisotopic (exact) mass is 241 g/mol. The van der Waals surface area contributed by atoms with E-state index in [2.05, 4.69) is 10.0 Å². The second-order valence-corrected chi connectivity index (χ2v) is 3.05. The van der Waals surface area contributed by atoms with Crippen LogP contribution in [0, 0.1) is 0 Å². The highest BCUT2D eigenvalue weighted by Gasteiger charge is 2.06. The molecular weight excluding hydrogens is 230 g/mol. The van der Waals surface area contributed by atoms with Crippen LogP contribution in [0.2, 0.25) is 0 Å². The number of ether oxygens (including phenoxy) is 1. The Morgan fingerprint density at radius 3 is 3.00 bits per heavy atom. The van der Waals surface area contributed by atoms with E-state index in [1.165, 1.54) is 12.3 Å². The second kappa shape index (κ2) is 6.48. The maximum Gasteiger partial charge on any atom is 0.330 e.